The number of β-amino-alcohol motifs (C(OH)–C–C–N with tert-alkyl or cyclic N) is 1. The Kier molecular flexibility index (Phi) is 18.1. The van der Waals surface area contributed by atoms with Gasteiger partial charge in [0.15, 0.2) is 5.67 Å². The van der Waals surface area contributed by atoms with Crippen molar-refractivity contribution >= 4 is 58.2 Å². The summed E-state index contributed by atoms with van der Waals surface area (Å²) in [6.07, 6.45) is -5.50. The molecule has 24 heteroatoms. The maximum atomic E-state index is 16.1. The van der Waals surface area contributed by atoms with Crippen LogP contribution in [-0.4, -0.2) is 136 Å². The van der Waals surface area contributed by atoms with Gasteiger partial charge in [-0.25, -0.2) is 13.8 Å². The number of aliphatic hydroxyl groups is 1. The Hall–Kier alpha value is -7.57. The lowest BCUT2D eigenvalue weighted by molar-refractivity contribution is -0.145. The van der Waals surface area contributed by atoms with Gasteiger partial charge in [-0.1, -0.05) is 57.2 Å². The van der Waals surface area contributed by atoms with Gasteiger partial charge in [0.05, 0.1) is 57.1 Å². The number of anilines is 2. The number of H-pyrrole nitrogens is 1. The Labute approximate surface area is 474 Å². The van der Waals surface area contributed by atoms with Crippen molar-refractivity contribution in [2.75, 3.05) is 50.0 Å². The molecule has 3 aliphatic rings. The van der Waals surface area contributed by atoms with E-state index in [9.17, 15) is 56.2 Å². The molecule has 0 unspecified atom stereocenters. The highest BCUT2D eigenvalue weighted by Crippen LogP contribution is 2.41. The lowest BCUT2D eigenvalue weighted by Gasteiger charge is -2.44. The lowest BCUT2D eigenvalue weighted by Crippen LogP contribution is -2.59. The summed E-state index contributed by atoms with van der Waals surface area (Å²) in [6.45, 7) is 11.9. The topological polar surface area (TPSA) is 238 Å². The number of likely N-dealkylation sites (N-methyl/N-ethyl adjacent to an activating group) is 1. The summed E-state index contributed by atoms with van der Waals surface area (Å²) in [5, 5.41) is 24.3. The number of thiazole rings is 1. The molecule has 2 saturated heterocycles. The number of aromatic nitrogens is 2. The minimum Gasteiger partial charge on any atom is -0.391 e. The molecule has 7 N–H and O–H groups in total. The highest BCUT2D eigenvalue weighted by Gasteiger charge is 2.53. The van der Waals surface area contributed by atoms with Crippen LogP contribution in [-0.2, 0) is 25.4 Å². The molecule has 18 nitrogen and oxygen atoms in total. The van der Waals surface area contributed by atoms with E-state index >= 15 is 4.39 Å². The van der Waals surface area contributed by atoms with Gasteiger partial charge in [0, 0.05) is 74.6 Å². The summed E-state index contributed by atoms with van der Waals surface area (Å²) in [6, 6.07) is 12.7. The molecule has 5 aromatic rings. The summed E-state index contributed by atoms with van der Waals surface area (Å²) in [5.41, 5.74) is -1.51. The molecule has 1 saturated carbocycles. The smallest absolute Gasteiger partial charge is 0.391 e. The molecule has 2 aliphatic heterocycles. The Morgan fingerprint density at radius 2 is 1.55 bits per heavy atom. The van der Waals surface area contributed by atoms with E-state index in [1.54, 1.807) is 50.5 Å². The van der Waals surface area contributed by atoms with Crippen LogP contribution in [0.15, 0.2) is 83.2 Å². The third-order valence-electron chi connectivity index (χ3n) is 15.3. The summed E-state index contributed by atoms with van der Waals surface area (Å²) < 4.78 is 72.9. The number of piperazine rings is 1. The van der Waals surface area contributed by atoms with Crippen LogP contribution in [0.4, 0.5) is 33.3 Å². The third-order valence-corrected chi connectivity index (χ3v) is 16.3. The summed E-state index contributed by atoms with van der Waals surface area (Å²) in [4.78, 5) is 106. The summed E-state index contributed by atoms with van der Waals surface area (Å²) in [5.74, 6) is -5.31. The molecular weight excluding hydrogens is 1090 g/mol. The molecule has 438 valence electrons. The van der Waals surface area contributed by atoms with Gasteiger partial charge in [-0.3, -0.25) is 38.5 Å². The lowest BCUT2D eigenvalue weighted by atomic mass is 9.85. The van der Waals surface area contributed by atoms with Crippen molar-refractivity contribution < 1.29 is 55.8 Å². The van der Waals surface area contributed by atoms with E-state index in [1.807, 2.05) is 44.9 Å². The van der Waals surface area contributed by atoms with Crippen LogP contribution in [0.25, 0.3) is 21.6 Å². The van der Waals surface area contributed by atoms with Crippen molar-refractivity contribution in [1.82, 2.24) is 41.0 Å². The number of aliphatic hydroxyl groups excluding tert-OH is 1. The molecular formula is C58H67F5N10O8S. The fourth-order valence-electron chi connectivity index (χ4n) is 10.2. The van der Waals surface area contributed by atoms with Crippen molar-refractivity contribution in [3.8, 4) is 21.6 Å². The average Bonchev–Trinajstić information content (AvgIpc) is 3.87. The molecule has 0 spiro atoms. The van der Waals surface area contributed by atoms with Gasteiger partial charge in [0.2, 0.25) is 23.3 Å². The average molecular weight is 1160 g/mol. The van der Waals surface area contributed by atoms with Gasteiger partial charge in [0.1, 0.15) is 17.9 Å². The first-order valence-corrected chi connectivity index (χ1v) is 27.9. The molecule has 6 amide bonds. The van der Waals surface area contributed by atoms with E-state index in [4.69, 9.17) is 0 Å². The van der Waals surface area contributed by atoms with Crippen LogP contribution in [0.2, 0.25) is 0 Å². The molecule has 0 radical (unpaired) electrons. The Morgan fingerprint density at radius 3 is 2.17 bits per heavy atom. The fraction of sp³-hybridized carbons (Fsp3) is 0.448. The number of hydrogen-bond donors (Lipinski definition) is 7. The van der Waals surface area contributed by atoms with Gasteiger partial charge >= 0.3 is 6.18 Å². The number of carbonyl (C=O) groups is 6. The predicted molar refractivity (Wildman–Crippen MR) is 299 cm³/mol. The number of hydrogen-bond acceptors (Lipinski definition) is 12. The number of likely N-dealkylation sites (tertiary alicyclic amines) is 1. The second-order valence-electron chi connectivity index (χ2n) is 22.5. The fourth-order valence-corrected chi connectivity index (χ4v) is 11.0. The van der Waals surface area contributed by atoms with E-state index < -0.39 is 99.4 Å². The largest absolute Gasteiger partial charge is 0.417 e. The Balaban J connectivity index is 0.913. The van der Waals surface area contributed by atoms with Crippen LogP contribution < -0.4 is 37.0 Å². The van der Waals surface area contributed by atoms with Crippen LogP contribution >= 0.6 is 11.3 Å². The van der Waals surface area contributed by atoms with Crippen LogP contribution in [0, 0.1) is 18.2 Å². The molecule has 1 aliphatic carbocycles. The SMILES string of the molecule is Cc1ncsc1-c1ccc([C@H](CC(=O)NCCCNC(=O)c2ccc(-c3ccc(N4C[C@@H](C)N(C)[C@@H](C)C4)c(NC(=O)c4c[nH]c(=O)cc4C(F)(F)F)c3)c(F)c2)NC(=O)[C@@H]2C[C@@H](O)CN2C(=O)[C@@H](NC(=O)C2(F)CC2)C(C)(C)C)cc1. The predicted octanol–water partition coefficient (Wildman–Crippen LogP) is 6.89. The van der Waals surface area contributed by atoms with E-state index in [1.165, 1.54) is 34.4 Å². The van der Waals surface area contributed by atoms with Crippen LogP contribution in [0.1, 0.15) is 110 Å². The van der Waals surface area contributed by atoms with Gasteiger partial charge < -0.3 is 46.5 Å². The van der Waals surface area contributed by atoms with Crippen molar-refractivity contribution in [2.24, 2.45) is 5.41 Å². The van der Waals surface area contributed by atoms with Gasteiger partial charge in [0.25, 0.3) is 17.7 Å². The standard InChI is InChI=1S/C58H67F5N10O8S/c1-31-27-72(28-32(2)71(31)7)45-16-14-36(22-44(45)69-52(78)40-26-66-47(75)24-41(40)58(61,62)63)39-15-13-37(21-42(39)59)51(77)65-20-8-19-64-48(76)25-43(34-9-11-35(12-10-34)49-33(3)67-30-82-49)68-53(79)46-23-38(74)29-73(46)54(80)50(56(4,5)6)70-55(81)57(60)17-18-57/h9-16,21-22,24,26,30-32,38,43,46,50,74H,8,17-20,23,25,27-29H2,1-7H3,(H,64,76)(H,65,77)(H,66,75)(H,68,79)(H,69,78)(H,70,81)/t31-,32+,38-,43+,46+,50-/m1/s1. The van der Waals surface area contributed by atoms with E-state index in [2.05, 4.69) is 41.5 Å². The minimum atomic E-state index is -5.02. The highest BCUT2D eigenvalue weighted by molar-refractivity contribution is 7.13. The Bertz CT molecular complexity index is 3280. The normalized spacial score (nSPS) is 19.7. The molecule has 0 bridgehead atoms. The summed E-state index contributed by atoms with van der Waals surface area (Å²) in [7, 11) is 1.97. The summed E-state index contributed by atoms with van der Waals surface area (Å²) >= 11 is 1.45. The number of amides is 6. The van der Waals surface area contributed by atoms with Gasteiger partial charge in [-0.2, -0.15) is 13.2 Å². The molecule has 4 heterocycles. The number of halogens is 5. The first-order chi connectivity index (χ1) is 38.6. The number of benzene rings is 3. The van der Waals surface area contributed by atoms with Crippen molar-refractivity contribution in [1.29, 1.82) is 0 Å². The first kappa shape index (κ1) is 60.5. The number of aromatic amines is 1. The van der Waals surface area contributed by atoms with E-state index in [0.717, 1.165) is 22.2 Å². The van der Waals surface area contributed by atoms with Crippen LogP contribution in [0.5, 0.6) is 0 Å². The number of pyridine rings is 1. The minimum absolute atomic E-state index is 0.0222. The molecule has 3 fully saturated rings. The first-order valence-electron chi connectivity index (χ1n) is 27.0. The van der Waals surface area contributed by atoms with Crippen molar-refractivity contribution in [2.45, 2.75) is 122 Å². The number of alkyl halides is 4. The number of rotatable bonds is 18. The Morgan fingerprint density at radius 1 is 0.878 bits per heavy atom. The molecule has 82 heavy (non-hydrogen) atoms. The second-order valence-corrected chi connectivity index (χ2v) is 23.4. The van der Waals surface area contributed by atoms with Gasteiger partial charge in [-0.05, 0) is 93.5 Å². The zero-order valence-electron chi connectivity index (χ0n) is 46.4. The number of nitrogens with zero attached hydrogens (tertiary/aromatic N) is 4. The quantitative estimate of drug-likeness (QED) is 0.0352. The van der Waals surface area contributed by atoms with Crippen molar-refractivity contribution in [3.63, 3.8) is 0 Å². The maximum Gasteiger partial charge on any atom is 0.417 e. The highest BCUT2D eigenvalue weighted by atomic mass is 32.1. The van der Waals surface area contributed by atoms with E-state index in [-0.39, 0.29) is 86.2 Å². The van der Waals surface area contributed by atoms with E-state index in [0.29, 0.717) is 36.6 Å². The number of nitrogens with one attached hydrogen (secondary N) is 6. The zero-order chi connectivity index (χ0) is 59.6. The monoisotopic (exact) mass is 1160 g/mol. The molecule has 3 aromatic carbocycles. The molecule has 6 atom stereocenters. The number of carbonyl (C=O) groups excluding carboxylic acids is 6. The number of aryl methyl sites for hydroxylation is 1. The third kappa shape index (κ3) is 14.0. The molecule has 2 aromatic heterocycles. The van der Waals surface area contributed by atoms with Crippen LogP contribution in [0.3, 0.4) is 0 Å². The second kappa shape index (κ2) is 24.5. The zero-order valence-corrected chi connectivity index (χ0v) is 47.2. The van der Waals surface area contributed by atoms with Crippen molar-refractivity contribution in [3.05, 3.63) is 123 Å². The van der Waals surface area contributed by atoms with Gasteiger partial charge in [-0.15, -0.1) is 11.3 Å². The maximum absolute atomic E-state index is 16.1. The molecule has 8 rings (SSSR count).